The van der Waals surface area contributed by atoms with Gasteiger partial charge in [-0.1, -0.05) is 6.07 Å². The van der Waals surface area contributed by atoms with Gasteiger partial charge in [0.05, 0.1) is 22.5 Å². The second-order valence-electron chi connectivity index (χ2n) is 6.95. The van der Waals surface area contributed by atoms with Crippen molar-refractivity contribution in [1.82, 2.24) is 9.71 Å². The maximum atomic E-state index is 12.6. The van der Waals surface area contributed by atoms with Crippen molar-refractivity contribution in [3.05, 3.63) is 59.0 Å². The van der Waals surface area contributed by atoms with Gasteiger partial charge in [0.25, 0.3) is 0 Å². The highest BCUT2D eigenvalue weighted by atomic mass is 32.2. The first-order valence-corrected chi connectivity index (χ1v) is 11.5. The van der Waals surface area contributed by atoms with E-state index in [1.54, 1.807) is 30.6 Å². The lowest BCUT2D eigenvalue weighted by Crippen LogP contribution is -2.26. The molecule has 1 fully saturated rings. The molecule has 1 saturated carbocycles. The molecule has 2 aromatic heterocycles. The van der Waals surface area contributed by atoms with E-state index in [0.717, 1.165) is 29.5 Å². The van der Waals surface area contributed by atoms with Crippen molar-refractivity contribution in [2.75, 3.05) is 10.6 Å². The zero-order valence-corrected chi connectivity index (χ0v) is 17.3. The molecule has 2 amide bonds. The van der Waals surface area contributed by atoms with Crippen LogP contribution in [0.3, 0.4) is 0 Å². The maximum absolute atomic E-state index is 12.6. The number of benzene rings is 1. The van der Waals surface area contributed by atoms with Crippen LogP contribution in [0.5, 0.6) is 0 Å². The van der Waals surface area contributed by atoms with Crippen LogP contribution in [-0.4, -0.2) is 25.5 Å². The second kappa shape index (κ2) is 7.94. The van der Waals surface area contributed by atoms with Crippen LogP contribution in [-0.2, 0) is 10.0 Å². The number of carbonyl (C=O) groups is 1. The summed E-state index contributed by atoms with van der Waals surface area (Å²) in [5, 5.41) is 9.38. The number of nitrogens with zero attached hydrogens (tertiary/aromatic N) is 1. The summed E-state index contributed by atoms with van der Waals surface area (Å²) in [6, 6.07) is 8.02. The fourth-order valence-corrected chi connectivity index (χ4v) is 4.85. The van der Waals surface area contributed by atoms with Crippen LogP contribution >= 0.6 is 11.3 Å². The predicted molar refractivity (Wildman–Crippen MR) is 115 cm³/mol. The third kappa shape index (κ3) is 4.81. The summed E-state index contributed by atoms with van der Waals surface area (Å²) in [7, 11) is -3.63. The van der Waals surface area contributed by atoms with Gasteiger partial charge in [0.2, 0.25) is 10.0 Å². The van der Waals surface area contributed by atoms with Crippen molar-refractivity contribution in [1.29, 1.82) is 0 Å². The standard InChI is InChI=1S/C20H20N4O3S2/c1-13-8-16(11-21-10-13)22-20(25)23-19-9-17(29(26,27)24-15-2-3-15)4-5-18(19)14-6-7-28-12-14/h4-12,15,24H,2-3H2,1H3,(H2,22,23,25). The molecule has 0 unspecified atom stereocenters. The summed E-state index contributed by atoms with van der Waals surface area (Å²) < 4.78 is 27.9. The van der Waals surface area contributed by atoms with Gasteiger partial charge in [0.1, 0.15) is 0 Å². The second-order valence-corrected chi connectivity index (χ2v) is 9.44. The maximum Gasteiger partial charge on any atom is 0.323 e. The molecule has 0 spiro atoms. The number of carbonyl (C=O) groups excluding carboxylic acids is 1. The largest absolute Gasteiger partial charge is 0.323 e. The van der Waals surface area contributed by atoms with E-state index in [-0.39, 0.29) is 10.9 Å². The Morgan fingerprint density at radius 2 is 1.97 bits per heavy atom. The molecule has 1 aliphatic carbocycles. The molecule has 150 valence electrons. The van der Waals surface area contributed by atoms with Crippen LogP contribution < -0.4 is 15.4 Å². The highest BCUT2D eigenvalue weighted by Gasteiger charge is 2.28. The minimum atomic E-state index is -3.63. The molecule has 3 N–H and O–H groups in total. The van der Waals surface area contributed by atoms with Crippen molar-refractivity contribution in [2.45, 2.75) is 30.7 Å². The minimum Gasteiger partial charge on any atom is -0.307 e. The number of rotatable bonds is 6. The Morgan fingerprint density at radius 1 is 1.14 bits per heavy atom. The van der Waals surface area contributed by atoms with E-state index < -0.39 is 16.1 Å². The molecule has 0 radical (unpaired) electrons. The lowest BCUT2D eigenvalue weighted by atomic mass is 10.1. The third-order valence-electron chi connectivity index (χ3n) is 4.41. The minimum absolute atomic E-state index is 0.00470. The van der Waals surface area contributed by atoms with E-state index in [2.05, 4.69) is 20.3 Å². The fourth-order valence-electron chi connectivity index (χ4n) is 2.86. The molecular weight excluding hydrogens is 408 g/mol. The third-order valence-corrected chi connectivity index (χ3v) is 6.62. The van der Waals surface area contributed by atoms with Crippen molar-refractivity contribution in [3.8, 4) is 11.1 Å². The number of sulfonamides is 1. The van der Waals surface area contributed by atoms with Gasteiger partial charge in [-0.15, -0.1) is 0 Å². The lowest BCUT2D eigenvalue weighted by molar-refractivity contribution is 0.262. The van der Waals surface area contributed by atoms with Crippen molar-refractivity contribution in [2.24, 2.45) is 0 Å². The molecule has 7 nitrogen and oxygen atoms in total. The number of pyridine rings is 1. The molecule has 3 aromatic rings. The van der Waals surface area contributed by atoms with E-state index in [4.69, 9.17) is 0 Å². The van der Waals surface area contributed by atoms with Gasteiger partial charge in [-0.25, -0.2) is 17.9 Å². The van der Waals surface area contributed by atoms with Crippen LogP contribution in [0.4, 0.5) is 16.2 Å². The molecule has 1 aliphatic rings. The molecule has 29 heavy (non-hydrogen) atoms. The zero-order valence-electron chi connectivity index (χ0n) is 15.7. The number of urea groups is 1. The molecule has 0 aliphatic heterocycles. The van der Waals surface area contributed by atoms with Crippen molar-refractivity contribution >= 4 is 38.8 Å². The molecule has 9 heteroatoms. The quantitative estimate of drug-likeness (QED) is 0.548. The van der Waals surface area contributed by atoms with Crippen LogP contribution in [0.25, 0.3) is 11.1 Å². The lowest BCUT2D eigenvalue weighted by Gasteiger charge is -2.14. The van der Waals surface area contributed by atoms with Crippen LogP contribution in [0, 0.1) is 6.92 Å². The zero-order chi connectivity index (χ0) is 20.4. The number of aryl methyl sites for hydroxylation is 1. The summed E-state index contributed by atoms with van der Waals surface area (Å²) in [5.74, 6) is 0. The predicted octanol–water partition coefficient (Wildman–Crippen LogP) is 4.20. The molecule has 0 saturated heterocycles. The molecule has 0 atom stereocenters. The van der Waals surface area contributed by atoms with Crippen LogP contribution in [0.2, 0.25) is 0 Å². The fraction of sp³-hybridized carbons (Fsp3) is 0.200. The monoisotopic (exact) mass is 428 g/mol. The SMILES string of the molecule is Cc1cncc(NC(=O)Nc2cc(S(=O)(=O)NC3CC3)ccc2-c2ccsc2)c1. The molecule has 2 heterocycles. The van der Waals surface area contributed by atoms with E-state index in [0.29, 0.717) is 11.4 Å². The first-order chi connectivity index (χ1) is 13.9. The van der Waals surface area contributed by atoms with Crippen molar-refractivity contribution in [3.63, 3.8) is 0 Å². The molecule has 1 aromatic carbocycles. The average Bonchev–Trinajstić information content (AvgIpc) is 3.29. The Labute approximate surface area is 173 Å². The number of amides is 2. The molecular formula is C20H20N4O3S2. The van der Waals surface area contributed by atoms with Gasteiger partial charge in [0, 0.05) is 17.8 Å². The van der Waals surface area contributed by atoms with E-state index in [1.165, 1.54) is 17.4 Å². The number of hydrogen-bond donors (Lipinski definition) is 3. The Morgan fingerprint density at radius 3 is 2.66 bits per heavy atom. The van der Waals surface area contributed by atoms with Gasteiger partial charge >= 0.3 is 6.03 Å². The average molecular weight is 429 g/mol. The normalized spacial score (nSPS) is 13.8. The topological polar surface area (TPSA) is 100 Å². The van der Waals surface area contributed by atoms with Gasteiger partial charge in [-0.2, -0.15) is 11.3 Å². The Kier molecular flexibility index (Phi) is 5.35. The van der Waals surface area contributed by atoms with Gasteiger partial charge < -0.3 is 10.6 Å². The Balaban J connectivity index is 1.63. The van der Waals surface area contributed by atoms with Crippen LogP contribution in [0.15, 0.2) is 58.4 Å². The number of nitrogens with one attached hydrogen (secondary N) is 3. The summed E-state index contributed by atoms with van der Waals surface area (Å²) in [6.07, 6.45) is 4.94. The van der Waals surface area contributed by atoms with E-state index in [9.17, 15) is 13.2 Å². The number of hydrogen-bond acceptors (Lipinski definition) is 5. The summed E-state index contributed by atoms with van der Waals surface area (Å²) >= 11 is 1.53. The van der Waals surface area contributed by atoms with Crippen LogP contribution in [0.1, 0.15) is 18.4 Å². The Bertz CT molecular complexity index is 1140. The molecule has 0 bridgehead atoms. The number of thiophene rings is 1. The van der Waals surface area contributed by atoms with E-state index >= 15 is 0 Å². The highest BCUT2D eigenvalue weighted by Crippen LogP contribution is 2.32. The molecule has 4 rings (SSSR count). The van der Waals surface area contributed by atoms with Gasteiger partial charge in [-0.3, -0.25) is 4.98 Å². The number of anilines is 2. The van der Waals surface area contributed by atoms with E-state index in [1.807, 2.05) is 23.8 Å². The summed E-state index contributed by atoms with van der Waals surface area (Å²) in [4.78, 5) is 16.7. The van der Waals surface area contributed by atoms with Crippen molar-refractivity contribution < 1.29 is 13.2 Å². The van der Waals surface area contributed by atoms with Gasteiger partial charge in [-0.05, 0) is 65.9 Å². The summed E-state index contributed by atoms with van der Waals surface area (Å²) in [5.41, 5.74) is 3.54. The first-order valence-electron chi connectivity index (χ1n) is 9.09. The first kappa shape index (κ1) is 19.6. The number of aromatic nitrogens is 1. The smallest absolute Gasteiger partial charge is 0.307 e. The highest BCUT2D eigenvalue weighted by molar-refractivity contribution is 7.89. The summed E-state index contributed by atoms with van der Waals surface area (Å²) in [6.45, 7) is 1.88. The van der Waals surface area contributed by atoms with Gasteiger partial charge in [0.15, 0.2) is 0 Å². The Hall–Kier alpha value is -2.75.